The average molecular weight is 277 g/mol. The van der Waals surface area contributed by atoms with Crippen molar-refractivity contribution in [2.24, 2.45) is 5.92 Å². The van der Waals surface area contributed by atoms with E-state index in [1.807, 2.05) is 0 Å². The van der Waals surface area contributed by atoms with E-state index in [9.17, 15) is 0 Å². The predicted molar refractivity (Wildman–Crippen MR) is 82.9 cm³/mol. The molecule has 2 aliphatic carbocycles. The summed E-state index contributed by atoms with van der Waals surface area (Å²) in [5, 5.41) is 3.80. The zero-order valence-corrected chi connectivity index (χ0v) is 13.1. The third-order valence-corrected chi connectivity index (χ3v) is 6.05. The van der Waals surface area contributed by atoms with Gasteiger partial charge in [-0.3, -0.25) is 9.80 Å². The predicted octanol–water partition coefficient (Wildman–Crippen LogP) is 2.08. The van der Waals surface area contributed by atoms with Crippen LogP contribution in [0.1, 0.15) is 51.9 Å². The molecule has 20 heavy (non-hydrogen) atoms. The molecule has 0 aromatic rings. The van der Waals surface area contributed by atoms with Gasteiger partial charge in [-0.2, -0.15) is 0 Å². The number of hydrogen-bond donors (Lipinski definition) is 1. The molecule has 0 amide bonds. The van der Waals surface area contributed by atoms with Crippen molar-refractivity contribution in [3.8, 4) is 0 Å². The molecule has 1 N–H and O–H groups in total. The molecular weight excluding hydrogens is 246 g/mol. The fourth-order valence-corrected chi connectivity index (χ4v) is 4.33. The summed E-state index contributed by atoms with van der Waals surface area (Å²) in [6.07, 6.45) is 10.0. The SMILES string of the molecule is CC1CC(N2CCC(NCC3CC3)CC2)CN1C1CC1. The number of hydrogen-bond acceptors (Lipinski definition) is 3. The summed E-state index contributed by atoms with van der Waals surface area (Å²) in [6.45, 7) is 7.76. The molecule has 114 valence electrons. The lowest BCUT2D eigenvalue weighted by molar-refractivity contribution is 0.141. The molecule has 0 bridgehead atoms. The molecule has 0 spiro atoms. The van der Waals surface area contributed by atoms with Crippen molar-refractivity contribution < 1.29 is 0 Å². The van der Waals surface area contributed by atoms with E-state index in [2.05, 4.69) is 22.0 Å². The highest BCUT2D eigenvalue weighted by Gasteiger charge is 2.41. The Morgan fingerprint density at radius 2 is 1.70 bits per heavy atom. The lowest BCUT2D eigenvalue weighted by Crippen LogP contribution is -2.47. The topological polar surface area (TPSA) is 18.5 Å². The summed E-state index contributed by atoms with van der Waals surface area (Å²) in [7, 11) is 0. The van der Waals surface area contributed by atoms with Crippen molar-refractivity contribution in [3.05, 3.63) is 0 Å². The van der Waals surface area contributed by atoms with Crippen LogP contribution in [0, 0.1) is 5.92 Å². The van der Waals surface area contributed by atoms with Gasteiger partial charge in [0.25, 0.3) is 0 Å². The number of piperidine rings is 1. The second kappa shape index (κ2) is 5.58. The first-order valence-corrected chi connectivity index (χ1v) is 9.03. The Hall–Kier alpha value is -0.120. The number of likely N-dealkylation sites (tertiary alicyclic amines) is 2. The van der Waals surface area contributed by atoms with Gasteiger partial charge >= 0.3 is 0 Å². The molecule has 2 unspecified atom stereocenters. The van der Waals surface area contributed by atoms with Gasteiger partial charge in [-0.25, -0.2) is 0 Å². The minimum Gasteiger partial charge on any atom is -0.314 e. The molecule has 3 nitrogen and oxygen atoms in total. The molecule has 2 heterocycles. The van der Waals surface area contributed by atoms with Crippen molar-refractivity contribution in [2.75, 3.05) is 26.2 Å². The average Bonchev–Trinajstić information content (AvgIpc) is 3.37. The Balaban J connectivity index is 1.22. The fraction of sp³-hybridized carbons (Fsp3) is 1.00. The van der Waals surface area contributed by atoms with E-state index in [0.717, 1.165) is 30.1 Å². The van der Waals surface area contributed by atoms with Crippen LogP contribution in [0.3, 0.4) is 0 Å². The minimum absolute atomic E-state index is 0.810. The largest absolute Gasteiger partial charge is 0.314 e. The van der Waals surface area contributed by atoms with Crippen LogP contribution >= 0.6 is 0 Å². The van der Waals surface area contributed by atoms with Crippen LogP contribution in [-0.4, -0.2) is 60.1 Å². The third-order valence-electron chi connectivity index (χ3n) is 6.05. The molecule has 4 aliphatic rings. The van der Waals surface area contributed by atoms with Gasteiger partial charge in [-0.1, -0.05) is 0 Å². The Morgan fingerprint density at radius 1 is 0.950 bits per heavy atom. The second-order valence-corrected chi connectivity index (χ2v) is 7.83. The van der Waals surface area contributed by atoms with Gasteiger partial charge in [-0.05, 0) is 77.4 Å². The molecule has 4 fully saturated rings. The smallest absolute Gasteiger partial charge is 0.0238 e. The number of rotatable bonds is 5. The van der Waals surface area contributed by atoms with Crippen molar-refractivity contribution in [1.82, 2.24) is 15.1 Å². The summed E-state index contributed by atoms with van der Waals surface area (Å²) in [4.78, 5) is 5.59. The molecule has 0 aromatic heterocycles. The minimum atomic E-state index is 0.810. The molecule has 0 aromatic carbocycles. The number of nitrogens with one attached hydrogen (secondary N) is 1. The standard InChI is InChI=1S/C17H31N3/c1-13-10-17(12-20(13)16-4-5-16)19-8-6-15(7-9-19)18-11-14-2-3-14/h13-18H,2-12H2,1H3. The molecule has 3 heteroatoms. The van der Waals surface area contributed by atoms with Crippen LogP contribution < -0.4 is 5.32 Å². The van der Waals surface area contributed by atoms with Crippen LogP contribution in [-0.2, 0) is 0 Å². The van der Waals surface area contributed by atoms with E-state index < -0.39 is 0 Å². The van der Waals surface area contributed by atoms with Crippen molar-refractivity contribution in [1.29, 1.82) is 0 Å². The fourth-order valence-electron chi connectivity index (χ4n) is 4.33. The third kappa shape index (κ3) is 3.05. The quantitative estimate of drug-likeness (QED) is 0.830. The lowest BCUT2D eigenvalue weighted by Gasteiger charge is -2.36. The van der Waals surface area contributed by atoms with Gasteiger partial charge in [0.2, 0.25) is 0 Å². The molecule has 2 saturated heterocycles. The molecular formula is C17H31N3. The first-order valence-electron chi connectivity index (χ1n) is 9.03. The van der Waals surface area contributed by atoms with Gasteiger partial charge in [0.05, 0.1) is 0 Å². The van der Waals surface area contributed by atoms with Crippen LogP contribution in [0.4, 0.5) is 0 Å². The van der Waals surface area contributed by atoms with E-state index in [1.54, 1.807) is 0 Å². The van der Waals surface area contributed by atoms with Crippen molar-refractivity contribution in [3.63, 3.8) is 0 Å². The first-order chi connectivity index (χ1) is 9.79. The van der Waals surface area contributed by atoms with E-state index in [0.29, 0.717) is 0 Å². The van der Waals surface area contributed by atoms with Crippen molar-refractivity contribution >= 4 is 0 Å². The van der Waals surface area contributed by atoms with E-state index in [-0.39, 0.29) is 0 Å². The van der Waals surface area contributed by atoms with Crippen LogP contribution in [0.2, 0.25) is 0 Å². The maximum absolute atomic E-state index is 3.80. The van der Waals surface area contributed by atoms with E-state index in [4.69, 9.17) is 0 Å². The molecule has 2 saturated carbocycles. The Labute approximate surface area is 124 Å². The monoisotopic (exact) mass is 277 g/mol. The maximum atomic E-state index is 3.80. The zero-order chi connectivity index (χ0) is 13.5. The van der Waals surface area contributed by atoms with Gasteiger partial charge < -0.3 is 5.32 Å². The normalized spacial score (nSPS) is 37.6. The van der Waals surface area contributed by atoms with E-state index >= 15 is 0 Å². The second-order valence-electron chi connectivity index (χ2n) is 7.83. The highest BCUT2D eigenvalue weighted by molar-refractivity contribution is 4.97. The number of nitrogens with zero attached hydrogens (tertiary/aromatic N) is 2. The van der Waals surface area contributed by atoms with Gasteiger partial charge in [0.15, 0.2) is 0 Å². The first kappa shape index (κ1) is 13.5. The summed E-state index contributed by atoms with van der Waals surface area (Å²) in [5.74, 6) is 1.02. The zero-order valence-electron chi connectivity index (χ0n) is 13.1. The van der Waals surface area contributed by atoms with Crippen LogP contribution in [0.5, 0.6) is 0 Å². The Morgan fingerprint density at radius 3 is 2.35 bits per heavy atom. The highest BCUT2D eigenvalue weighted by atomic mass is 15.3. The van der Waals surface area contributed by atoms with Crippen molar-refractivity contribution in [2.45, 2.75) is 76.0 Å². The molecule has 2 aliphatic heterocycles. The summed E-state index contributed by atoms with van der Waals surface area (Å²) >= 11 is 0. The summed E-state index contributed by atoms with van der Waals surface area (Å²) < 4.78 is 0. The van der Waals surface area contributed by atoms with Crippen LogP contribution in [0.25, 0.3) is 0 Å². The molecule has 0 radical (unpaired) electrons. The van der Waals surface area contributed by atoms with Gasteiger partial charge in [-0.15, -0.1) is 0 Å². The molecule has 4 rings (SSSR count). The van der Waals surface area contributed by atoms with Crippen LogP contribution in [0.15, 0.2) is 0 Å². The van der Waals surface area contributed by atoms with Gasteiger partial charge in [0.1, 0.15) is 0 Å². The lowest BCUT2D eigenvalue weighted by atomic mass is 10.0. The Kier molecular flexibility index (Phi) is 3.78. The van der Waals surface area contributed by atoms with Gasteiger partial charge in [0, 0.05) is 30.7 Å². The summed E-state index contributed by atoms with van der Waals surface area (Å²) in [6, 6.07) is 3.45. The molecule has 2 atom stereocenters. The highest BCUT2D eigenvalue weighted by Crippen LogP contribution is 2.35. The Bertz CT molecular complexity index is 329. The van der Waals surface area contributed by atoms with E-state index in [1.165, 1.54) is 71.1 Å². The maximum Gasteiger partial charge on any atom is 0.0238 e. The summed E-state index contributed by atoms with van der Waals surface area (Å²) in [5.41, 5.74) is 0.